The van der Waals surface area contributed by atoms with Gasteiger partial charge in [-0.2, -0.15) is 0 Å². The van der Waals surface area contributed by atoms with E-state index < -0.39 is 0 Å². The molecule has 0 aliphatic carbocycles. The summed E-state index contributed by atoms with van der Waals surface area (Å²) in [5.74, 6) is -0.234. The number of rotatable bonds is 0. The molecule has 12 heavy (non-hydrogen) atoms. The second-order valence-electron chi connectivity index (χ2n) is 2.61. The van der Waals surface area contributed by atoms with Crippen molar-refractivity contribution in [2.24, 2.45) is 0 Å². The van der Waals surface area contributed by atoms with Crippen LogP contribution in [0.25, 0.3) is 10.1 Å². The lowest BCUT2D eigenvalue weighted by Crippen LogP contribution is -1.70. The molecule has 1 aromatic heterocycles. The largest absolute Gasteiger partial charge is 0.207 e. The van der Waals surface area contributed by atoms with Crippen LogP contribution in [0.2, 0.25) is 5.02 Å². The number of thiophene rings is 1. The standard InChI is InChI=1S/C9H6ClFS/c1-5-9(10)7-4-6(11)2-3-8(7)12-5/h2-4H,1H3. The lowest BCUT2D eigenvalue weighted by atomic mass is 10.2. The van der Waals surface area contributed by atoms with E-state index in [1.165, 1.54) is 12.1 Å². The Morgan fingerprint density at radius 2 is 2.17 bits per heavy atom. The first kappa shape index (κ1) is 8.02. The fourth-order valence-corrected chi connectivity index (χ4v) is 2.43. The second-order valence-corrected chi connectivity index (χ2v) is 4.25. The smallest absolute Gasteiger partial charge is 0.123 e. The third kappa shape index (κ3) is 1.11. The Morgan fingerprint density at radius 1 is 1.42 bits per heavy atom. The van der Waals surface area contributed by atoms with Gasteiger partial charge in [-0.25, -0.2) is 4.39 Å². The summed E-state index contributed by atoms with van der Waals surface area (Å²) in [6.45, 7) is 1.94. The lowest BCUT2D eigenvalue weighted by Gasteiger charge is -1.89. The first-order valence-electron chi connectivity index (χ1n) is 3.52. The topological polar surface area (TPSA) is 0 Å². The molecule has 62 valence electrons. The van der Waals surface area contributed by atoms with Gasteiger partial charge >= 0.3 is 0 Å². The van der Waals surface area contributed by atoms with Gasteiger partial charge in [-0.05, 0) is 25.1 Å². The summed E-state index contributed by atoms with van der Waals surface area (Å²) in [7, 11) is 0. The number of hydrogen-bond donors (Lipinski definition) is 0. The number of halogens is 2. The summed E-state index contributed by atoms with van der Waals surface area (Å²) in [6, 6.07) is 4.68. The van der Waals surface area contributed by atoms with Crippen molar-refractivity contribution in [3.05, 3.63) is 33.9 Å². The van der Waals surface area contributed by atoms with Crippen LogP contribution in [0, 0.1) is 12.7 Å². The van der Waals surface area contributed by atoms with Gasteiger partial charge < -0.3 is 0 Å². The van der Waals surface area contributed by atoms with E-state index in [0.29, 0.717) is 5.02 Å². The summed E-state index contributed by atoms with van der Waals surface area (Å²) >= 11 is 7.55. The van der Waals surface area contributed by atoms with Crippen molar-refractivity contribution >= 4 is 33.0 Å². The van der Waals surface area contributed by atoms with Crippen LogP contribution in [-0.4, -0.2) is 0 Å². The zero-order valence-corrected chi connectivity index (χ0v) is 7.97. The minimum Gasteiger partial charge on any atom is -0.207 e. The molecule has 0 aliphatic heterocycles. The van der Waals surface area contributed by atoms with Crippen LogP contribution in [0.3, 0.4) is 0 Å². The van der Waals surface area contributed by atoms with Crippen molar-refractivity contribution < 1.29 is 4.39 Å². The summed E-state index contributed by atoms with van der Waals surface area (Å²) in [6.07, 6.45) is 0. The fourth-order valence-electron chi connectivity index (χ4n) is 1.16. The molecule has 0 bridgehead atoms. The molecule has 0 radical (unpaired) electrons. The molecule has 0 saturated carbocycles. The molecule has 0 spiro atoms. The normalized spacial score (nSPS) is 10.9. The molecule has 0 N–H and O–H groups in total. The molecule has 0 unspecified atom stereocenters. The zero-order valence-electron chi connectivity index (χ0n) is 6.40. The maximum atomic E-state index is 12.8. The molecule has 3 heteroatoms. The van der Waals surface area contributed by atoms with E-state index in [2.05, 4.69) is 0 Å². The van der Waals surface area contributed by atoms with Crippen LogP contribution in [0.4, 0.5) is 4.39 Å². The summed E-state index contributed by atoms with van der Waals surface area (Å²) < 4.78 is 13.8. The maximum Gasteiger partial charge on any atom is 0.123 e. The highest BCUT2D eigenvalue weighted by Gasteiger charge is 2.06. The van der Waals surface area contributed by atoms with Crippen molar-refractivity contribution in [3.63, 3.8) is 0 Å². The average molecular weight is 201 g/mol. The quantitative estimate of drug-likeness (QED) is 0.603. The summed E-state index contributed by atoms with van der Waals surface area (Å²) in [5.41, 5.74) is 0. The number of benzene rings is 1. The van der Waals surface area contributed by atoms with Crippen LogP contribution in [0.15, 0.2) is 18.2 Å². The van der Waals surface area contributed by atoms with Crippen LogP contribution >= 0.6 is 22.9 Å². The second kappa shape index (κ2) is 2.71. The van der Waals surface area contributed by atoms with Gasteiger partial charge in [-0.1, -0.05) is 11.6 Å². The van der Waals surface area contributed by atoms with E-state index in [4.69, 9.17) is 11.6 Å². The van der Waals surface area contributed by atoms with Crippen molar-refractivity contribution in [3.8, 4) is 0 Å². The van der Waals surface area contributed by atoms with Gasteiger partial charge in [0.2, 0.25) is 0 Å². The highest BCUT2D eigenvalue weighted by atomic mass is 35.5. The first-order chi connectivity index (χ1) is 5.68. The van der Waals surface area contributed by atoms with Crippen molar-refractivity contribution in [1.29, 1.82) is 0 Å². The van der Waals surface area contributed by atoms with Crippen LogP contribution in [0.1, 0.15) is 4.88 Å². The zero-order chi connectivity index (χ0) is 8.72. The molecular formula is C9H6ClFS. The predicted molar refractivity (Wildman–Crippen MR) is 51.5 cm³/mol. The molecule has 0 saturated heterocycles. The predicted octanol–water partition coefficient (Wildman–Crippen LogP) is 4.00. The third-order valence-electron chi connectivity index (χ3n) is 1.75. The first-order valence-corrected chi connectivity index (χ1v) is 4.72. The van der Waals surface area contributed by atoms with Crippen molar-refractivity contribution in [2.45, 2.75) is 6.92 Å². The van der Waals surface area contributed by atoms with E-state index >= 15 is 0 Å². The minimum absolute atomic E-state index is 0.234. The van der Waals surface area contributed by atoms with Crippen molar-refractivity contribution in [1.82, 2.24) is 0 Å². The Bertz CT molecular complexity index is 433. The van der Waals surface area contributed by atoms with Gasteiger partial charge in [0.05, 0.1) is 5.02 Å². The van der Waals surface area contributed by atoms with Gasteiger partial charge in [0, 0.05) is 15.0 Å². The summed E-state index contributed by atoms with van der Waals surface area (Å²) in [4.78, 5) is 1.04. The SMILES string of the molecule is Cc1sc2ccc(F)cc2c1Cl. The number of hydrogen-bond acceptors (Lipinski definition) is 1. The molecule has 2 rings (SSSR count). The Kier molecular flexibility index (Phi) is 1.81. The molecular weight excluding hydrogens is 195 g/mol. The molecule has 0 amide bonds. The molecule has 1 aromatic carbocycles. The Hall–Kier alpha value is -0.600. The van der Waals surface area contributed by atoms with Gasteiger partial charge in [0.1, 0.15) is 5.82 Å². The number of fused-ring (bicyclic) bond motifs is 1. The highest BCUT2D eigenvalue weighted by molar-refractivity contribution is 7.19. The van der Waals surface area contributed by atoms with Gasteiger partial charge in [-0.3, -0.25) is 0 Å². The minimum atomic E-state index is -0.234. The Morgan fingerprint density at radius 3 is 2.92 bits per heavy atom. The van der Waals surface area contributed by atoms with E-state index in [-0.39, 0.29) is 5.82 Å². The lowest BCUT2D eigenvalue weighted by molar-refractivity contribution is 0.630. The molecule has 1 heterocycles. The van der Waals surface area contributed by atoms with Crippen LogP contribution in [0.5, 0.6) is 0 Å². The maximum absolute atomic E-state index is 12.8. The molecule has 0 atom stereocenters. The van der Waals surface area contributed by atoms with E-state index in [0.717, 1.165) is 15.0 Å². The Labute approximate surface area is 78.6 Å². The molecule has 0 fully saturated rings. The fraction of sp³-hybridized carbons (Fsp3) is 0.111. The molecule has 2 aromatic rings. The third-order valence-corrected chi connectivity index (χ3v) is 3.44. The van der Waals surface area contributed by atoms with Gasteiger partial charge in [0.25, 0.3) is 0 Å². The monoisotopic (exact) mass is 200 g/mol. The van der Waals surface area contributed by atoms with Crippen LogP contribution in [-0.2, 0) is 0 Å². The van der Waals surface area contributed by atoms with Crippen molar-refractivity contribution in [2.75, 3.05) is 0 Å². The van der Waals surface area contributed by atoms with E-state index in [1.807, 2.05) is 6.92 Å². The highest BCUT2D eigenvalue weighted by Crippen LogP contribution is 2.34. The van der Waals surface area contributed by atoms with E-state index in [9.17, 15) is 4.39 Å². The molecule has 0 nitrogen and oxygen atoms in total. The Balaban J connectivity index is 2.88. The summed E-state index contributed by atoms with van der Waals surface area (Å²) in [5, 5.41) is 1.49. The van der Waals surface area contributed by atoms with E-state index in [1.54, 1.807) is 17.4 Å². The average Bonchev–Trinajstić information content (AvgIpc) is 2.31. The van der Waals surface area contributed by atoms with Crippen LogP contribution < -0.4 is 0 Å². The van der Waals surface area contributed by atoms with Gasteiger partial charge in [-0.15, -0.1) is 11.3 Å². The van der Waals surface area contributed by atoms with Gasteiger partial charge in [0.15, 0.2) is 0 Å². The molecule has 0 aliphatic rings. The number of aryl methyl sites for hydroxylation is 1.